The molecule has 0 aromatic carbocycles. The van der Waals surface area contributed by atoms with Crippen LogP contribution in [0.15, 0.2) is 37.1 Å². The number of nitrogens with one attached hydrogen (secondary N) is 1. The van der Waals surface area contributed by atoms with Gasteiger partial charge in [0.05, 0.1) is 6.61 Å². The van der Waals surface area contributed by atoms with Crippen LogP contribution >= 0.6 is 0 Å². The summed E-state index contributed by atoms with van der Waals surface area (Å²) < 4.78 is 6.84. The first-order chi connectivity index (χ1) is 8.40. The van der Waals surface area contributed by atoms with E-state index in [-0.39, 0.29) is 0 Å². The first kappa shape index (κ1) is 11.8. The second-order valence-corrected chi connectivity index (χ2v) is 3.66. The molecule has 0 atom stereocenters. The van der Waals surface area contributed by atoms with Crippen LogP contribution in [0.5, 0.6) is 0 Å². The SMILES string of the molecule is COCCNCc1ccc(-n2ccnc2)nc1. The van der Waals surface area contributed by atoms with Crippen molar-refractivity contribution in [3.8, 4) is 5.82 Å². The quantitative estimate of drug-likeness (QED) is 0.755. The van der Waals surface area contributed by atoms with Gasteiger partial charge in [0.1, 0.15) is 12.1 Å². The second kappa shape index (κ2) is 6.12. The van der Waals surface area contributed by atoms with Crippen molar-refractivity contribution in [3.63, 3.8) is 0 Å². The minimum Gasteiger partial charge on any atom is -0.383 e. The molecule has 1 N–H and O–H groups in total. The van der Waals surface area contributed by atoms with Gasteiger partial charge < -0.3 is 10.1 Å². The van der Waals surface area contributed by atoms with Crippen molar-refractivity contribution < 1.29 is 4.74 Å². The van der Waals surface area contributed by atoms with Gasteiger partial charge in [-0.2, -0.15) is 0 Å². The van der Waals surface area contributed by atoms with Crippen LogP contribution < -0.4 is 5.32 Å². The minimum atomic E-state index is 0.723. The Labute approximate surface area is 100 Å². The minimum absolute atomic E-state index is 0.723. The standard InChI is InChI=1S/C12H16N4O/c1-17-7-5-13-8-11-2-3-12(15-9-11)16-6-4-14-10-16/h2-4,6,9-10,13H,5,7-8H2,1H3. The average molecular weight is 232 g/mol. The van der Waals surface area contributed by atoms with Gasteiger partial charge in [0, 0.05) is 38.8 Å². The molecule has 0 bridgehead atoms. The largest absolute Gasteiger partial charge is 0.383 e. The van der Waals surface area contributed by atoms with Crippen molar-refractivity contribution in [3.05, 3.63) is 42.6 Å². The van der Waals surface area contributed by atoms with Crippen LogP contribution in [0.25, 0.3) is 5.82 Å². The van der Waals surface area contributed by atoms with Crippen molar-refractivity contribution >= 4 is 0 Å². The number of pyridine rings is 1. The van der Waals surface area contributed by atoms with Crippen LogP contribution in [0.3, 0.4) is 0 Å². The maximum absolute atomic E-state index is 4.96. The number of methoxy groups -OCH3 is 1. The molecule has 0 aliphatic carbocycles. The van der Waals surface area contributed by atoms with Gasteiger partial charge in [0.2, 0.25) is 0 Å². The Morgan fingerprint density at radius 2 is 2.35 bits per heavy atom. The molecule has 2 aromatic rings. The van der Waals surface area contributed by atoms with E-state index >= 15 is 0 Å². The molecule has 2 rings (SSSR count). The molecule has 0 aliphatic rings. The lowest BCUT2D eigenvalue weighted by molar-refractivity contribution is 0.199. The molecule has 5 heteroatoms. The van der Waals surface area contributed by atoms with Gasteiger partial charge in [-0.25, -0.2) is 9.97 Å². The van der Waals surface area contributed by atoms with Crippen molar-refractivity contribution in [2.24, 2.45) is 0 Å². The van der Waals surface area contributed by atoms with Gasteiger partial charge in [-0.1, -0.05) is 6.07 Å². The van der Waals surface area contributed by atoms with Gasteiger partial charge in [0.25, 0.3) is 0 Å². The monoisotopic (exact) mass is 232 g/mol. The fraction of sp³-hybridized carbons (Fsp3) is 0.333. The summed E-state index contributed by atoms with van der Waals surface area (Å²) in [5.41, 5.74) is 1.16. The molecule has 0 unspecified atom stereocenters. The number of aromatic nitrogens is 3. The summed E-state index contributed by atoms with van der Waals surface area (Å²) in [6.45, 7) is 2.38. The molecule has 90 valence electrons. The Morgan fingerprint density at radius 1 is 1.41 bits per heavy atom. The molecule has 0 aliphatic heterocycles. The van der Waals surface area contributed by atoms with E-state index in [1.54, 1.807) is 19.6 Å². The summed E-state index contributed by atoms with van der Waals surface area (Å²) in [6.07, 6.45) is 7.22. The van der Waals surface area contributed by atoms with Gasteiger partial charge in [-0.15, -0.1) is 0 Å². The zero-order valence-corrected chi connectivity index (χ0v) is 9.84. The lowest BCUT2D eigenvalue weighted by Crippen LogP contribution is -2.18. The number of hydrogen-bond acceptors (Lipinski definition) is 4. The molecule has 0 saturated carbocycles. The molecule has 0 amide bonds. The first-order valence-electron chi connectivity index (χ1n) is 5.53. The third-order valence-corrected chi connectivity index (χ3v) is 2.39. The van der Waals surface area contributed by atoms with Gasteiger partial charge in [0.15, 0.2) is 0 Å². The first-order valence-corrected chi connectivity index (χ1v) is 5.53. The molecule has 0 fully saturated rings. The lowest BCUT2D eigenvalue weighted by Gasteiger charge is -2.05. The van der Waals surface area contributed by atoms with Crippen LogP contribution in [-0.4, -0.2) is 34.8 Å². The molecule has 2 heterocycles. The number of rotatable bonds is 6. The maximum Gasteiger partial charge on any atom is 0.137 e. The Hall–Kier alpha value is -1.72. The number of nitrogens with zero attached hydrogens (tertiary/aromatic N) is 3. The molecule has 0 spiro atoms. The Morgan fingerprint density at radius 3 is 3.00 bits per heavy atom. The summed E-state index contributed by atoms with van der Waals surface area (Å²) in [5.74, 6) is 0.878. The van der Waals surface area contributed by atoms with Crippen LogP contribution in [0.1, 0.15) is 5.56 Å². The zero-order chi connectivity index (χ0) is 11.9. The highest BCUT2D eigenvalue weighted by Crippen LogP contribution is 2.04. The molecule has 5 nitrogen and oxygen atoms in total. The predicted molar refractivity (Wildman–Crippen MR) is 64.9 cm³/mol. The van der Waals surface area contributed by atoms with Crippen LogP contribution in [0, 0.1) is 0 Å². The zero-order valence-electron chi connectivity index (χ0n) is 9.84. The fourth-order valence-electron chi connectivity index (χ4n) is 1.48. The molecule has 0 radical (unpaired) electrons. The van der Waals surface area contributed by atoms with E-state index in [4.69, 9.17) is 4.74 Å². The van der Waals surface area contributed by atoms with E-state index in [9.17, 15) is 0 Å². The van der Waals surface area contributed by atoms with Crippen molar-refractivity contribution in [2.45, 2.75) is 6.54 Å². The van der Waals surface area contributed by atoms with Gasteiger partial charge in [-0.3, -0.25) is 4.57 Å². The predicted octanol–water partition coefficient (Wildman–Crippen LogP) is 1.00. The summed E-state index contributed by atoms with van der Waals surface area (Å²) in [5, 5.41) is 3.27. The van der Waals surface area contributed by atoms with Gasteiger partial charge in [-0.05, 0) is 11.6 Å². The highest BCUT2D eigenvalue weighted by Gasteiger charge is 1.97. The van der Waals surface area contributed by atoms with Crippen LogP contribution in [-0.2, 0) is 11.3 Å². The lowest BCUT2D eigenvalue weighted by atomic mass is 10.3. The van der Waals surface area contributed by atoms with Crippen LogP contribution in [0.4, 0.5) is 0 Å². The van der Waals surface area contributed by atoms with E-state index in [0.29, 0.717) is 0 Å². The molecule has 0 saturated heterocycles. The van der Waals surface area contributed by atoms with E-state index < -0.39 is 0 Å². The Balaban J connectivity index is 1.90. The van der Waals surface area contributed by atoms with E-state index in [0.717, 1.165) is 31.1 Å². The molecule has 17 heavy (non-hydrogen) atoms. The van der Waals surface area contributed by atoms with Crippen molar-refractivity contribution in [2.75, 3.05) is 20.3 Å². The molecule has 2 aromatic heterocycles. The third-order valence-electron chi connectivity index (χ3n) is 2.39. The summed E-state index contributed by atoms with van der Waals surface area (Å²) >= 11 is 0. The summed E-state index contributed by atoms with van der Waals surface area (Å²) in [7, 11) is 1.70. The highest BCUT2D eigenvalue weighted by atomic mass is 16.5. The van der Waals surface area contributed by atoms with E-state index in [2.05, 4.69) is 21.4 Å². The molecular weight excluding hydrogens is 216 g/mol. The van der Waals surface area contributed by atoms with Crippen molar-refractivity contribution in [1.82, 2.24) is 19.9 Å². The summed E-state index contributed by atoms with van der Waals surface area (Å²) in [4.78, 5) is 8.36. The normalized spacial score (nSPS) is 10.6. The van der Waals surface area contributed by atoms with Gasteiger partial charge >= 0.3 is 0 Å². The number of ether oxygens (including phenoxy) is 1. The average Bonchev–Trinajstić information content (AvgIpc) is 2.89. The smallest absolute Gasteiger partial charge is 0.137 e. The van der Waals surface area contributed by atoms with Crippen LogP contribution in [0.2, 0.25) is 0 Å². The summed E-state index contributed by atoms with van der Waals surface area (Å²) in [6, 6.07) is 4.04. The van der Waals surface area contributed by atoms with Crippen molar-refractivity contribution in [1.29, 1.82) is 0 Å². The second-order valence-electron chi connectivity index (χ2n) is 3.66. The van der Waals surface area contributed by atoms with E-state index in [1.807, 2.05) is 23.0 Å². The molecular formula is C12H16N4O. The Kier molecular flexibility index (Phi) is 4.23. The number of imidazole rings is 1. The topological polar surface area (TPSA) is 52.0 Å². The van der Waals surface area contributed by atoms with E-state index in [1.165, 1.54) is 0 Å². The highest BCUT2D eigenvalue weighted by molar-refractivity contribution is 5.25. The Bertz CT molecular complexity index is 424. The third kappa shape index (κ3) is 3.37. The maximum atomic E-state index is 4.96. The fourth-order valence-corrected chi connectivity index (χ4v) is 1.48. The number of hydrogen-bond donors (Lipinski definition) is 1.